The molecular weight excluding hydrogens is 320 g/mol. The highest BCUT2D eigenvalue weighted by atomic mass is 16.2. The fourth-order valence-electron chi connectivity index (χ4n) is 2.68. The largest absolute Gasteiger partial charge is 0.322 e. The molecule has 2 heterocycles. The van der Waals surface area contributed by atoms with Gasteiger partial charge in [0, 0.05) is 24.1 Å². The van der Waals surface area contributed by atoms with Crippen LogP contribution in [0.1, 0.15) is 41.2 Å². The summed E-state index contributed by atoms with van der Waals surface area (Å²) in [6, 6.07) is 10.1. The number of carbonyl (C=O) groups is 2. The van der Waals surface area contributed by atoms with Crippen LogP contribution in [0.2, 0.25) is 0 Å². The van der Waals surface area contributed by atoms with Gasteiger partial charge in [-0.05, 0) is 38.1 Å². The number of nitriles is 1. The first-order chi connectivity index (χ1) is 12.0. The molecule has 8 nitrogen and oxygen atoms in total. The van der Waals surface area contributed by atoms with E-state index in [1.807, 2.05) is 19.9 Å². The van der Waals surface area contributed by atoms with Crippen LogP contribution in [0.3, 0.4) is 0 Å². The van der Waals surface area contributed by atoms with E-state index < -0.39 is 6.29 Å². The summed E-state index contributed by atoms with van der Waals surface area (Å²) in [6.07, 6.45) is -0.134. The molecule has 1 fully saturated rings. The zero-order chi connectivity index (χ0) is 18.0. The van der Waals surface area contributed by atoms with E-state index in [-0.39, 0.29) is 17.9 Å². The number of nitrogens with one attached hydrogen (secondary N) is 3. The third-order valence-electron chi connectivity index (χ3n) is 3.85. The summed E-state index contributed by atoms with van der Waals surface area (Å²) in [5.74, 6) is 0.0772. The van der Waals surface area contributed by atoms with Gasteiger partial charge in [0.15, 0.2) is 6.29 Å². The average molecular weight is 338 g/mol. The second-order valence-corrected chi connectivity index (χ2v) is 6.00. The summed E-state index contributed by atoms with van der Waals surface area (Å²) in [4.78, 5) is 24.2. The Morgan fingerprint density at radius 2 is 2.12 bits per heavy atom. The molecule has 128 valence electrons. The predicted octanol–water partition coefficient (Wildman–Crippen LogP) is 1.27. The van der Waals surface area contributed by atoms with Crippen molar-refractivity contribution < 1.29 is 9.59 Å². The minimum Gasteiger partial charge on any atom is -0.322 e. The number of benzene rings is 1. The second-order valence-electron chi connectivity index (χ2n) is 6.00. The summed E-state index contributed by atoms with van der Waals surface area (Å²) >= 11 is 0. The molecule has 25 heavy (non-hydrogen) atoms. The van der Waals surface area contributed by atoms with Crippen LogP contribution in [-0.4, -0.2) is 27.6 Å². The van der Waals surface area contributed by atoms with Crippen molar-refractivity contribution in [3.05, 3.63) is 47.2 Å². The molecule has 3 N–H and O–H groups in total. The van der Waals surface area contributed by atoms with E-state index in [0.29, 0.717) is 29.1 Å². The smallest absolute Gasteiger partial charge is 0.256 e. The first kappa shape index (κ1) is 16.7. The maximum atomic E-state index is 12.4. The Hall–Kier alpha value is -3.18. The van der Waals surface area contributed by atoms with Gasteiger partial charge in [0.05, 0.1) is 17.3 Å². The quantitative estimate of drug-likeness (QED) is 0.780. The molecule has 1 saturated heterocycles. The number of nitrogens with zero attached hydrogens (tertiary/aromatic N) is 3. The molecule has 2 amide bonds. The van der Waals surface area contributed by atoms with Gasteiger partial charge in [0.2, 0.25) is 5.91 Å². The van der Waals surface area contributed by atoms with Crippen LogP contribution in [-0.2, 0) is 4.79 Å². The Morgan fingerprint density at radius 3 is 2.76 bits per heavy atom. The molecule has 1 aliphatic heterocycles. The summed E-state index contributed by atoms with van der Waals surface area (Å²) < 4.78 is 1.55. The molecule has 0 bridgehead atoms. The first-order valence-electron chi connectivity index (χ1n) is 7.89. The first-order valence-corrected chi connectivity index (χ1v) is 7.89. The van der Waals surface area contributed by atoms with Crippen molar-refractivity contribution >= 4 is 17.6 Å². The zero-order valence-electron chi connectivity index (χ0n) is 13.9. The molecule has 2 unspecified atom stereocenters. The number of rotatable bonds is 3. The molecule has 0 aliphatic carbocycles. The monoisotopic (exact) mass is 338 g/mol. The van der Waals surface area contributed by atoms with Crippen LogP contribution in [0, 0.1) is 18.3 Å². The van der Waals surface area contributed by atoms with Crippen LogP contribution in [0.5, 0.6) is 0 Å². The lowest BCUT2D eigenvalue weighted by molar-refractivity contribution is -0.125. The molecule has 0 spiro atoms. The fourth-order valence-corrected chi connectivity index (χ4v) is 2.68. The van der Waals surface area contributed by atoms with Gasteiger partial charge in [0.25, 0.3) is 5.91 Å². The number of anilines is 1. The van der Waals surface area contributed by atoms with Crippen LogP contribution < -0.4 is 16.0 Å². The van der Waals surface area contributed by atoms with Gasteiger partial charge in [-0.1, -0.05) is 0 Å². The Kier molecular flexibility index (Phi) is 4.50. The van der Waals surface area contributed by atoms with Crippen molar-refractivity contribution in [1.82, 2.24) is 20.4 Å². The van der Waals surface area contributed by atoms with E-state index in [2.05, 4.69) is 21.0 Å². The summed E-state index contributed by atoms with van der Waals surface area (Å²) in [5, 5.41) is 22.0. The summed E-state index contributed by atoms with van der Waals surface area (Å²) in [6.45, 7) is 3.72. The van der Waals surface area contributed by atoms with Crippen molar-refractivity contribution in [3.8, 4) is 6.07 Å². The lowest BCUT2D eigenvalue weighted by atomic mass is 10.1. The van der Waals surface area contributed by atoms with Gasteiger partial charge < -0.3 is 10.6 Å². The van der Waals surface area contributed by atoms with Crippen molar-refractivity contribution in [2.24, 2.45) is 0 Å². The standard InChI is InChI=1S/C17H18N6O2/c1-10-8-15(24)21-17(19-10)23-14(7-11(2)22-23)20-16(25)13-5-3-12(9-18)4-6-13/h3-7,10,17,19H,8H2,1-2H3,(H,20,25)(H,21,24). The Labute approximate surface area is 144 Å². The van der Waals surface area contributed by atoms with Gasteiger partial charge in [0.1, 0.15) is 5.82 Å². The number of carbonyl (C=O) groups excluding carboxylic acids is 2. The molecule has 1 aromatic heterocycles. The number of amides is 2. The fraction of sp³-hybridized carbons (Fsp3) is 0.294. The number of hydrogen-bond donors (Lipinski definition) is 3. The van der Waals surface area contributed by atoms with E-state index in [1.54, 1.807) is 35.0 Å². The van der Waals surface area contributed by atoms with E-state index >= 15 is 0 Å². The molecule has 1 aromatic carbocycles. The van der Waals surface area contributed by atoms with E-state index in [0.717, 1.165) is 0 Å². The van der Waals surface area contributed by atoms with Crippen molar-refractivity contribution in [2.45, 2.75) is 32.6 Å². The van der Waals surface area contributed by atoms with E-state index in [1.165, 1.54) is 0 Å². The molecule has 0 saturated carbocycles. The maximum absolute atomic E-state index is 12.4. The summed E-state index contributed by atoms with van der Waals surface area (Å²) in [5.41, 5.74) is 1.63. The predicted molar refractivity (Wildman–Crippen MR) is 90.5 cm³/mol. The van der Waals surface area contributed by atoms with E-state index in [9.17, 15) is 9.59 Å². The second kappa shape index (κ2) is 6.75. The third kappa shape index (κ3) is 3.67. The van der Waals surface area contributed by atoms with Crippen LogP contribution in [0.4, 0.5) is 5.82 Å². The third-order valence-corrected chi connectivity index (χ3v) is 3.85. The molecule has 0 radical (unpaired) electrons. The van der Waals surface area contributed by atoms with Gasteiger partial charge in [-0.2, -0.15) is 10.4 Å². The topological polar surface area (TPSA) is 112 Å². The lowest BCUT2D eigenvalue weighted by Crippen LogP contribution is -2.52. The van der Waals surface area contributed by atoms with Gasteiger partial charge in [-0.25, -0.2) is 4.68 Å². The van der Waals surface area contributed by atoms with Crippen molar-refractivity contribution in [3.63, 3.8) is 0 Å². The minimum atomic E-state index is -0.527. The molecule has 8 heteroatoms. The van der Waals surface area contributed by atoms with E-state index in [4.69, 9.17) is 5.26 Å². The van der Waals surface area contributed by atoms with Gasteiger partial charge >= 0.3 is 0 Å². The highest BCUT2D eigenvalue weighted by Gasteiger charge is 2.26. The maximum Gasteiger partial charge on any atom is 0.256 e. The molecule has 3 rings (SSSR count). The van der Waals surface area contributed by atoms with Crippen LogP contribution in [0.25, 0.3) is 0 Å². The number of hydrogen-bond acceptors (Lipinski definition) is 5. The average Bonchev–Trinajstić information content (AvgIpc) is 2.94. The molecule has 1 aliphatic rings. The minimum absolute atomic E-state index is 0.00494. The van der Waals surface area contributed by atoms with Crippen LogP contribution in [0.15, 0.2) is 30.3 Å². The van der Waals surface area contributed by atoms with Crippen molar-refractivity contribution in [2.75, 3.05) is 5.32 Å². The number of aryl methyl sites for hydroxylation is 1. The lowest BCUT2D eigenvalue weighted by Gasteiger charge is -2.30. The highest BCUT2D eigenvalue weighted by Crippen LogP contribution is 2.18. The Balaban J connectivity index is 1.81. The van der Waals surface area contributed by atoms with Gasteiger partial charge in [-0.15, -0.1) is 0 Å². The normalized spacial score (nSPS) is 19.8. The Morgan fingerprint density at radius 1 is 1.40 bits per heavy atom. The SMILES string of the molecule is Cc1cc(NC(=O)c2ccc(C#N)cc2)n(C2NC(=O)CC(C)N2)n1. The Bertz CT molecular complexity index is 849. The summed E-state index contributed by atoms with van der Waals surface area (Å²) in [7, 11) is 0. The molecule has 2 atom stereocenters. The van der Waals surface area contributed by atoms with Crippen LogP contribution >= 0.6 is 0 Å². The zero-order valence-corrected chi connectivity index (χ0v) is 13.9. The molecule has 2 aromatic rings. The van der Waals surface area contributed by atoms with Crippen molar-refractivity contribution in [1.29, 1.82) is 5.26 Å². The highest BCUT2D eigenvalue weighted by molar-refractivity contribution is 6.03. The molecular formula is C17H18N6O2. The van der Waals surface area contributed by atoms with Gasteiger partial charge in [-0.3, -0.25) is 14.9 Å². The number of aromatic nitrogens is 2.